The van der Waals surface area contributed by atoms with Gasteiger partial charge in [0.15, 0.2) is 0 Å². The summed E-state index contributed by atoms with van der Waals surface area (Å²) in [6, 6.07) is 2.68. The van der Waals surface area contributed by atoms with Crippen molar-refractivity contribution in [3.05, 3.63) is 18.1 Å². The molecule has 2 aromatic rings. The number of aryl methyl sites for hydroxylation is 1. The highest BCUT2D eigenvalue weighted by molar-refractivity contribution is 5.47. The van der Waals surface area contributed by atoms with E-state index < -0.39 is 0 Å². The molecule has 1 aliphatic rings. The van der Waals surface area contributed by atoms with E-state index in [-0.39, 0.29) is 0 Å². The first kappa shape index (κ1) is 13.3. The molecule has 1 aliphatic heterocycles. The summed E-state index contributed by atoms with van der Waals surface area (Å²) in [5.74, 6) is 1.78. The fourth-order valence-electron chi connectivity index (χ4n) is 2.88. The molecule has 1 saturated heterocycles. The van der Waals surface area contributed by atoms with Crippen molar-refractivity contribution in [2.75, 3.05) is 24.5 Å². The molecule has 1 unspecified atom stereocenters. The van der Waals surface area contributed by atoms with Crippen molar-refractivity contribution in [3.63, 3.8) is 0 Å². The van der Waals surface area contributed by atoms with E-state index in [0.29, 0.717) is 11.8 Å². The largest absolute Gasteiger partial charge is 0.355 e. The summed E-state index contributed by atoms with van der Waals surface area (Å²) >= 11 is 0. The molecule has 0 aromatic carbocycles. The molecule has 0 aliphatic carbocycles. The van der Waals surface area contributed by atoms with Gasteiger partial charge in [-0.1, -0.05) is 6.92 Å². The smallest absolute Gasteiger partial charge is 0.254 e. The topological polar surface area (TPSA) is 58.3 Å². The SMILES string of the molecule is CCCN(CC1CCCN1)c1cc(C)nc2ncnn12. The van der Waals surface area contributed by atoms with Crippen LogP contribution in [-0.2, 0) is 0 Å². The number of hydrogen-bond acceptors (Lipinski definition) is 5. The summed E-state index contributed by atoms with van der Waals surface area (Å²) in [6.07, 6.45) is 5.22. The monoisotopic (exact) mass is 274 g/mol. The minimum Gasteiger partial charge on any atom is -0.355 e. The van der Waals surface area contributed by atoms with E-state index in [1.54, 1.807) is 6.33 Å². The number of rotatable bonds is 5. The van der Waals surface area contributed by atoms with Crippen molar-refractivity contribution in [2.45, 2.75) is 39.2 Å². The lowest BCUT2D eigenvalue weighted by molar-refractivity contribution is 0.571. The predicted octanol–water partition coefficient (Wildman–Crippen LogP) is 1.40. The highest BCUT2D eigenvalue weighted by Crippen LogP contribution is 2.18. The lowest BCUT2D eigenvalue weighted by Gasteiger charge is -2.27. The zero-order chi connectivity index (χ0) is 13.9. The van der Waals surface area contributed by atoms with Crippen molar-refractivity contribution >= 4 is 11.6 Å². The normalized spacial score (nSPS) is 18.8. The summed E-state index contributed by atoms with van der Waals surface area (Å²) in [5, 5.41) is 7.89. The zero-order valence-electron chi connectivity index (χ0n) is 12.2. The van der Waals surface area contributed by atoms with Gasteiger partial charge in [0.1, 0.15) is 12.1 Å². The molecular formula is C14H22N6. The standard InChI is InChI=1S/C14H22N6/c1-3-7-19(9-12-5-4-6-15-12)13-8-11(2)18-14-16-10-17-20(13)14/h8,10,12,15H,3-7,9H2,1-2H3. The fraction of sp³-hybridized carbons (Fsp3) is 0.643. The van der Waals surface area contributed by atoms with E-state index in [1.165, 1.54) is 12.8 Å². The molecule has 0 amide bonds. The minimum atomic E-state index is 0.577. The van der Waals surface area contributed by atoms with Crippen LogP contribution in [-0.4, -0.2) is 45.3 Å². The molecule has 0 bridgehead atoms. The third kappa shape index (κ3) is 2.60. The van der Waals surface area contributed by atoms with Crippen LogP contribution in [0.4, 0.5) is 5.82 Å². The average Bonchev–Trinajstić information content (AvgIpc) is 3.07. The number of hydrogen-bond donors (Lipinski definition) is 1. The van der Waals surface area contributed by atoms with Crippen molar-refractivity contribution < 1.29 is 0 Å². The van der Waals surface area contributed by atoms with Gasteiger partial charge in [-0.05, 0) is 32.7 Å². The van der Waals surface area contributed by atoms with Crippen LogP contribution < -0.4 is 10.2 Å². The van der Waals surface area contributed by atoms with E-state index in [0.717, 1.165) is 37.6 Å². The Morgan fingerprint density at radius 1 is 1.50 bits per heavy atom. The van der Waals surface area contributed by atoms with Crippen molar-refractivity contribution in [1.82, 2.24) is 24.9 Å². The second-order valence-corrected chi connectivity index (χ2v) is 5.47. The molecule has 20 heavy (non-hydrogen) atoms. The van der Waals surface area contributed by atoms with Crippen LogP contribution in [0.1, 0.15) is 31.9 Å². The second kappa shape index (κ2) is 5.75. The van der Waals surface area contributed by atoms with Gasteiger partial charge < -0.3 is 10.2 Å². The van der Waals surface area contributed by atoms with Gasteiger partial charge in [-0.3, -0.25) is 0 Å². The second-order valence-electron chi connectivity index (χ2n) is 5.47. The van der Waals surface area contributed by atoms with Crippen molar-refractivity contribution in [1.29, 1.82) is 0 Å². The van der Waals surface area contributed by atoms with Crippen LogP contribution in [0.5, 0.6) is 0 Å². The minimum absolute atomic E-state index is 0.577. The molecule has 1 fully saturated rings. The quantitative estimate of drug-likeness (QED) is 0.893. The van der Waals surface area contributed by atoms with Gasteiger partial charge in [-0.15, -0.1) is 0 Å². The number of anilines is 1. The van der Waals surface area contributed by atoms with Gasteiger partial charge in [0.05, 0.1) is 0 Å². The molecule has 6 heteroatoms. The number of aromatic nitrogens is 4. The van der Waals surface area contributed by atoms with Crippen molar-refractivity contribution in [2.24, 2.45) is 0 Å². The van der Waals surface area contributed by atoms with Crippen LogP contribution in [0.15, 0.2) is 12.4 Å². The van der Waals surface area contributed by atoms with Gasteiger partial charge in [0, 0.05) is 30.9 Å². The van der Waals surface area contributed by atoms with Crippen LogP contribution in [0.2, 0.25) is 0 Å². The van der Waals surface area contributed by atoms with Gasteiger partial charge in [-0.25, -0.2) is 4.98 Å². The predicted molar refractivity (Wildman–Crippen MR) is 79.0 cm³/mol. The summed E-state index contributed by atoms with van der Waals surface area (Å²) in [7, 11) is 0. The number of fused-ring (bicyclic) bond motifs is 1. The number of nitrogens with zero attached hydrogens (tertiary/aromatic N) is 5. The third-order valence-electron chi connectivity index (χ3n) is 3.78. The van der Waals surface area contributed by atoms with E-state index in [9.17, 15) is 0 Å². The third-order valence-corrected chi connectivity index (χ3v) is 3.78. The Bertz CT molecular complexity index is 572. The molecule has 2 aromatic heterocycles. The Balaban J connectivity index is 1.93. The molecule has 6 nitrogen and oxygen atoms in total. The highest BCUT2D eigenvalue weighted by atomic mass is 15.4. The Hall–Kier alpha value is -1.69. The van der Waals surface area contributed by atoms with E-state index in [1.807, 2.05) is 11.4 Å². The van der Waals surface area contributed by atoms with Crippen molar-refractivity contribution in [3.8, 4) is 0 Å². The zero-order valence-corrected chi connectivity index (χ0v) is 12.2. The Kier molecular flexibility index (Phi) is 3.82. The van der Waals surface area contributed by atoms with Gasteiger partial charge in [0.2, 0.25) is 0 Å². The molecule has 0 saturated carbocycles. The maximum Gasteiger partial charge on any atom is 0.254 e. The highest BCUT2D eigenvalue weighted by Gasteiger charge is 2.20. The van der Waals surface area contributed by atoms with E-state index in [2.05, 4.69) is 38.3 Å². The summed E-state index contributed by atoms with van der Waals surface area (Å²) in [4.78, 5) is 11.0. The van der Waals surface area contributed by atoms with Crippen LogP contribution in [0.25, 0.3) is 5.78 Å². The maximum atomic E-state index is 4.42. The molecule has 3 rings (SSSR count). The first-order valence-electron chi connectivity index (χ1n) is 7.43. The van der Waals surface area contributed by atoms with E-state index in [4.69, 9.17) is 0 Å². The summed E-state index contributed by atoms with van der Waals surface area (Å²) in [6.45, 7) is 7.40. The van der Waals surface area contributed by atoms with Crippen LogP contribution in [0.3, 0.4) is 0 Å². The van der Waals surface area contributed by atoms with Gasteiger partial charge in [-0.2, -0.15) is 14.6 Å². The molecule has 0 radical (unpaired) electrons. The summed E-state index contributed by atoms with van der Waals surface area (Å²) < 4.78 is 1.84. The Morgan fingerprint density at radius 3 is 3.15 bits per heavy atom. The lowest BCUT2D eigenvalue weighted by Crippen LogP contribution is -2.39. The molecule has 108 valence electrons. The Morgan fingerprint density at radius 2 is 2.40 bits per heavy atom. The van der Waals surface area contributed by atoms with E-state index >= 15 is 0 Å². The summed E-state index contributed by atoms with van der Waals surface area (Å²) in [5.41, 5.74) is 0.987. The maximum absolute atomic E-state index is 4.42. The fourth-order valence-corrected chi connectivity index (χ4v) is 2.88. The van der Waals surface area contributed by atoms with Gasteiger partial charge in [0.25, 0.3) is 5.78 Å². The van der Waals surface area contributed by atoms with Crippen LogP contribution in [0, 0.1) is 6.92 Å². The molecule has 3 heterocycles. The molecule has 1 N–H and O–H groups in total. The lowest BCUT2D eigenvalue weighted by atomic mass is 10.2. The molecular weight excluding hydrogens is 252 g/mol. The molecule has 0 spiro atoms. The number of nitrogens with one attached hydrogen (secondary N) is 1. The van der Waals surface area contributed by atoms with Gasteiger partial charge >= 0.3 is 0 Å². The molecule has 1 atom stereocenters. The van der Waals surface area contributed by atoms with Crippen LogP contribution >= 0.6 is 0 Å². The first-order chi connectivity index (χ1) is 9.78. The Labute approximate surface area is 119 Å². The average molecular weight is 274 g/mol. The first-order valence-corrected chi connectivity index (χ1v) is 7.43.